The van der Waals surface area contributed by atoms with Gasteiger partial charge in [0.2, 0.25) is 0 Å². The maximum Gasteiger partial charge on any atom is 0.573 e. The number of hydrogen-bond acceptors (Lipinski definition) is 4. The summed E-state index contributed by atoms with van der Waals surface area (Å²) in [6.07, 6.45) is -3.38. The molecule has 1 heterocycles. The molecule has 0 radical (unpaired) electrons. The third kappa shape index (κ3) is 4.09. The van der Waals surface area contributed by atoms with Gasteiger partial charge in [-0.05, 0) is 41.8 Å². The standard InChI is InChI=1S/C19H18F3NO3/c1-24-17-10-13-7-8-23-16(15(13)11-18(17)25-2)9-12-3-5-14(6-4-12)26-19(20,21)22/h3-6,10-11H,7-9H2,1-2H3. The number of benzene rings is 2. The summed E-state index contributed by atoms with van der Waals surface area (Å²) in [5.74, 6) is 1.05. The van der Waals surface area contributed by atoms with Crippen LogP contribution in [0.3, 0.4) is 0 Å². The topological polar surface area (TPSA) is 40.0 Å². The Bertz CT molecular complexity index is 814. The summed E-state index contributed by atoms with van der Waals surface area (Å²) in [4.78, 5) is 4.59. The molecule has 0 unspecified atom stereocenters. The minimum Gasteiger partial charge on any atom is -0.493 e. The van der Waals surface area contributed by atoms with Crippen molar-refractivity contribution in [2.24, 2.45) is 4.99 Å². The van der Waals surface area contributed by atoms with Gasteiger partial charge in [-0.3, -0.25) is 4.99 Å². The molecule has 1 aliphatic rings. The molecule has 0 aromatic heterocycles. The largest absolute Gasteiger partial charge is 0.573 e. The van der Waals surface area contributed by atoms with Crippen molar-refractivity contribution in [1.29, 1.82) is 0 Å². The third-order valence-electron chi connectivity index (χ3n) is 4.13. The van der Waals surface area contributed by atoms with Crippen molar-refractivity contribution in [3.05, 3.63) is 53.1 Å². The highest BCUT2D eigenvalue weighted by atomic mass is 19.4. The van der Waals surface area contributed by atoms with Gasteiger partial charge in [-0.15, -0.1) is 13.2 Å². The Morgan fingerprint density at radius 3 is 2.27 bits per heavy atom. The van der Waals surface area contributed by atoms with Gasteiger partial charge < -0.3 is 14.2 Å². The summed E-state index contributed by atoms with van der Waals surface area (Å²) in [5.41, 5.74) is 3.81. The van der Waals surface area contributed by atoms with Crippen LogP contribution in [-0.2, 0) is 12.8 Å². The van der Waals surface area contributed by atoms with Crippen LogP contribution in [0.4, 0.5) is 13.2 Å². The van der Waals surface area contributed by atoms with Crippen molar-refractivity contribution in [3.8, 4) is 17.2 Å². The van der Waals surface area contributed by atoms with E-state index in [1.54, 1.807) is 26.4 Å². The van der Waals surface area contributed by atoms with Gasteiger partial charge >= 0.3 is 6.36 Å². The Morgan fingerprint density at radius 2 is 1.65 bits per heavy atom. The lowest BCUT2D eigenvalue weighted by molar-refractivity contribution is -0.274. The first-order valence-electron chi connectivity index (χ1n) is 8.03. The normalized spacial score (nSPS) is 13.7. The van der Waals surface area contributed by atoms with Gasteiger partial charge in [-0.2, -0.15) is 0 Å². The second-order valence-electron chi connectivity index (χ2n) is 5.81. The van der Waals surface area contributed by atoms with E-state index >= 15 is 0 Å². The number of fused-ring (bicyclic) bond motifs is 1. The van der Waals surface area contributed by atoms with Crippen molar-refractivity contribution in [3.63, 3.8) is 0 Å². The summed E-state index contributed by atoms with van der Waals surface area (Å²) in [7, 11) is 3.16. The number of aliphatic imine (C=N–C) groups is 1. The molecule has 2 aromatic carbocycles. The average Bonchev–Trinajstić information content (AvgIpc) is 2.61. The summed E-state index contributed by atoms with van der Waals surface area (Å²) >= 11 is 0. The molecule has 0 saturated carbocycles. The molecule has 7 heteroatoms. The van der Waals surface area contributed by atoms with Gasteiger partial charge in [0, 0.05) is 24.2 Å². The van der Waals surface area contributed by atoms with Crippen LogP contribution in [0.2, 0.25) is 0 Å². The van der Waals surface area contributed by atoms with Crippen molar-refractivity contribution >= 4 is 5.71 Å². The number of nitrogens with zero attached hydrogens (tertiary/aromatic N) is 1. The van der Waals surface area contributed by atoms with Gasteiger partial charge in [0.15, 0.2) is 11.5 Å². The predicted octanol–water partition coefficient (Wildman–Crippen LogP) is 4.19. The summed E-state index contributed by atoms with van der Waals surface area (Å²) < 4.78 is 51.3. The van der Waals surface area contributed by atoms with Gasteiger partial charge in [0.1, 0.15) is 5.75 Å². The molecule has 0 N–H and O–H groups in total. The lowest BCUT2D eigenvalue weighted by Crippen LogP contribution is -2.17. The maximum absolute atomic E-state index is 12.2. The molecule has 0 spiro atoms. The van der Waals surface area contributed by atoms with E-state index in [0.29, 0.717) is 24.5 Å². The van der Waals surface area contributed by atoms with Crippen LogP contribution >= 0.6 is 0 Å². The van der Waals surface area contributed by atoms with Crippen LogP contribution in [0, 0.1) is 0 Å². The number of alkyl halides is 3. The van der Waals surface area contributed by atoms with Crippen LogP contribution in [0.5, 0.6) is 17.2 Å². The monoisotopic (exact) mass is 365 g/mol. The van der Waals surface area contributed by atoms with Gasteiger partial charge in [0.25, 0.3) is 0 Å². The fraction of sp³-hybridized carbons (Fsp3) is 0.316. The van der Waals surface area contributed by atoms with Crippen LogP contribution < -0.4 is 14.2 Å². The van der Waals surface area contributed by atoms with Crippen molar-refractivity contribution < 1.29 is 27.4 Å². The van der Waals surface area contributed by atoms with E-state index in [1.165, 1.54) is 12.1 Å². The maximum atomic E-state index is 12.2. The lowest BCUT2D eigenvalue weighted by atomic mass is 9.93. The van der Waals surface area contributed by atoms with Crippen molar-refractivity contribution in [2.75, 3.05) is 20.8 Å². The lowest BCUT2D eigenvalue weighted by Gasteiger charge is -2.20. The zero-order valence-corrected chi connectivity index (χ0v) is 14.4. The number of rotatable bonds is 5. The molecule has 4 nitrogen and oxygen atoms in total. The molecular weight excluding hydrogens is 347 g/mol. The first-order chi connectivity index (χ1) is 12.4. The van der Waals surface area contributed by atoms with Crippen LogP contribution in [0.15, 0.2) is 41.4 Å². The molecule has 26 heavy (non-hydrogen) atoms. The quantitative estimate of drug-likeness (QED) is 0.798. The Balaban J connectivity index is 1.82. The van der Waals surface area contributed by atoms with Crippen LogP contribution in [0.25, 0.3) is 0 Å². The van der Waals surface area contributed by atoms with E-state index < -0.39 is 6.36 Å². The van der Waals surface area contributed by atoms with Crippen molar-refractivity contribution in [2.45, 2.75) is 19.2 Å². The van der Waals surface area contributed by atoms with E-state index in [0.717, 1.165) is 28.8 Å². The van der Waals surface area contributed by atoms with Gasteiger partial charge in [-0.1, -0.05) is 12.1 Å². The SMILES string of the molecule is COc1cc2c(cc1OC)C(Cc1ccc(OC(F)(F)F)cc1)=NCC2. The molecule has 0 aliphatic carbocycles. The van der Waals surface area contributed by atoms with Gasteiger partial charge in [0.05, 0.1) is 14.2 Å². The number of halogens is 3. The minimum absolute atomic E-state index is 0.237. The Hall–Kier alpha value is -2.70. The Kier molecular flexibility index (Phi) is 5.06. The van der Waals surface area contributed by atoms with Gasteiger partial charge in [-0.25, -0.2) is 0 Å². The zero-order chi connectivity index (χ0) is 18.7. The van der Waals surface area contributed by atoms with E-state index in [9.17, 15) is 13.2 Å². The van der Waals surface area contributed by atoms with Crippen LogP contribution in [0.1, 0.15) is 16.7 Å². The second-order valence-corrected chi connectivity index (χ2v) is 5.81. The fourth-order valence-electron chi connectivity index (χ4n) is 2.95. The molecule has 2 aromatic rings. The van der Waals surface area contributed by atoms with E-state index in [-0.39, 0.29) is 5.75 Å². The number of hydrogen-bond donors (Lipinski definition) is 0. The third-order valence-corrected chi connectivity index (χ3v) is 4.13. The fourth-order valence-corrected chi connectivity index (χ4v) is 2.95. The predicted molar refractivity (Wildman–Crippen MR) is 91.5 cm³/mol. The highest BCUT2D eigenvalue weighted by molar-refractivity contribution is 6.04. The average molecular weight is 365 g/mol. The van der Waals surface area contributed by atoms with E-state index in [1.807, 2.05) is 12.1 Å². The summed E-state index contributed by atoms with van der Waals surface area (Å²) in [5, 5.41) is 0. The minimum atomic E-state index is -4.69. The first kappa shape index (κ1) is 18.1. The molecule has 0 atom stereocenters. The highest BCUT2D eigenvalue weighted by Gasteiger charge is 2.31. The smallest absolute Gasteiger partial charge is 0.493 e. The highest BCUT2D eigenvalue weighted by Crippen LogP contribution is 2.33. The molecule has 138 valence electrons. The van der Waals surface area contributed by atoms with Crippen molar-refractivity contribution in [1.82, 2.24) is 0 Å². The second kappa shape index (κ2) is 7.27. The molecular formula is C19H18F3NO3. The van der Waals surface area contributed by atoms with Crippen LogP contribution in [-0.4, -0.2) is 32.8 Å². The number of methoxy groups -OCH3 is 2. The first-order valence-corrected chi connectivity index (χ1v) is 8.03. The van der Waals surface area contributed by atoms with E-state index in [4.69, 9.17) is 9.47 Å². The molecule has 0 saturated heterocycles. The Morgan fingerprint density at radius 1 is 1.00 bits per heavy atom. The molecule has 3 rings (SSSR count). The number of ether oxygens (including phenoxy) is 3. The summed E-state index contributed by atoms with van der Waals surface area (Å²) in [6.45, 7) is 0.660. The zero-order valence-electron chi connectivity index (χ0n) is 14.4. The molecule has 0 amide bonds. The molecule has 0 fully saturated rings. The van der Waals surface area contributed by atoms with E-state index in [2.05, 4.69) is 9.73 Å². The Labute approximate surface area is 149 Å². The molecule has 0 bridgehead atoms. The summed E-state index contributed by atoms with van der Waals surface area (Å²) in [6, 6.07) is 9.68. The molecule has 1 aliphatic heterocycles.